The molecule has 1 N–H and O–H groups in total. The van der Waals surface area contributed by atoms with E-state index in [1.54, 1.807) is 0 Å². The molecule has 1 aromatic heterocycles. The fourth-order valence-corrected chi connectivity index (χ4v) is 2.19. The van der Waals surface area contributed by atoms with E-state index in [4.69, 9.17) is 12.2 Å². The van der Waals surface area contributed by atoms with Crippen molar-refractivity contribution in [2.75, 3.05) is 31.1 Å². The van der Waals surface area contributed by atoms with Gasteiger partial charge < -0.3 is 4.90 Å². The van der Waals surface area contributed by atoms with Gasteiger partial charge in [-0.3, -0.25) is 9.47 Å². The zero-order valence-electron chi connectivity index (χ0n) is 10.1. The van der Waals surface area contributed by atoms with Crippen molar-refractivity contribution in [1.82, 2.24) is 19.7 Å². The largest absolute Gasteiger partial charge is 0.338 e. The number of nitrogens with one attached hydrogen (secondary N) is 1. The van der Waals surface area contributed by atoms with E-state index in [0.717, 1.165) is 32.1 Å². The molecule has 90 valence electrons. The fraction of sp³-hybridized carbons (Fsp3) is 0.800. The van der Waals surface area contributed by atoms with Crippen molar-refractivity contribution >= 4 is 18.2 Å². The number of aromatic nitrogens is 3. The van der Waals surface area contributed by atoms with Crippen molar-refractivity contribution in [3.05, 3.63) is 4.77 Å². The van der Waals surface area contributed by atoms with Crippen LogP contribution in [0.4, 0.5) is 5.95 Å². The van der Waals surface area contributed by atoms with E-state index < -0.39 is 0 Å². The number of piperazine rings is 1. The SMILES string of the molecule is CC(C)N1CCN(c2n[nH]c(=S)n2C)CC1. The van der Waals surface area contributed by atoms with Crippen LogP contribution in [0.3, 0.4) is 0 Å². The number of H-pyrrole nitrogens is 1. The Morgan fingerprint density at radius 1 is 1.25 bits per heavy atom. The van der Waals surface area contributed by atoms with Crippen LogP contribution in [-0.4, -0.2) is 51.9 Å². The smallest absolute Gasteiger partial charge is 0.225 e. The summed E-state index contributed by atoms with van der Waals surface area (Å²) in [7, 11) is 1.95. The van der Waals surface area contributed by atoms with Crippen molar-refractivity contribution in [2.45, 2.75) is 19.9 Å². The first kappa shape index (κ1) is 11.6. The lowest BCUT2D eigenvalue weighted by atomic mass is 10.2. The summed E-state index contributed by atoms with van der Waals surface area (Å²) in [5, 5.41) is 7.09. The van der Waals surface area contributed by atoms with Crippen molar-refractivity contribution in [2.24, 2.45) is 7.05 Å². The standard InChI is InChI=1S/C10H19N5S/c1-8(2)14-4-6-15(7-5-14)9-11-12-10(16)13(9)3/h8H,4-7H2,1-3H3,(H,12,16). The molecule has 0 aliphatic carbocycles. The minimum Gasteiger partial charge on any atom is -0.338 e. The molecule has 5 nitrogen and oxygen atoms in total. The molecule has 0 saturated carbocycles. The summed E-state index contributed by atoms with van der Waals surface area (Å²) in [4.78, 5) is 4.77. The molecule has 6 heteroatoms. The lowest BCUT2D eigenvalue weighted by Gasteiger charge is -2.37. The van der Waals surface area contributed by atoms with E-state index in [1.165, 1.54) is 0 Å². The molecule has 0 atom stereocenters. The van der Waals surface area contributed by atoms with Crippen LogP contribution in [-0.2, 0) is 7.05 Å². The minimum absolute atomic E-state index is 0.629. The van der Waals surface area contributed by atoms with Crippen molar-refractivity contribution in [3.8, 4) is 0 Å². The van der Waals surface area contributed by atoms with E-state index in [2.05, 4.69) is 33.8 Å². The molecule has 1 aliphatic rings. The van der Waals surface area contributed by atoms with Crippen molar-refractivity contribution in [1.29, 1.82) is 0 Å². The van der Waals surface area contributed by atoms with Gasteiger partial charge in [0.05, 0.1) is 0 Å². The summed E-state index contributed by atoms with van der Waals surface area (Å²) in [6.07, 6.45) is 0. The van der Waals surface area contributed by atoms with Gasteiger partial charge in [-0.2, -0.15) is 0 Å². The highest BCUT2D eigenvalue weighted by Gasteiger charge is 2.21. The molecule has 0 amide bonds. The van der Waals surface area contributed by atoms with Crippen LogP contribution >= 0.6 is 12.2 Å². The summed E-state index contributed by atoms with van der Waals surface area (Å²) >= 11 is 5.12. The van der Waals surface area contributed by atoms with Crippen molar-refractivity contribution < 1.29 is 0 Å². The third kappa shape index (κ3) is 2.12. The van der Waals surface area contributed by atoms with Crippen LogP contribution in [0.25, 0.3) is 0 Å². The number of nitrogens with zero attached hydrogens (tertiary/aromatic N) is 4. The number of hydrogen-bond acceptors (Lipinski definition) is 4. The highest BCUT2D eigenvalue weighted by Crippen LogP contribution is 2.13. The average Bonchev–Trinajstić information content (AvgIpc) is 2.60. The monoisotopic (exact) mass is 241 g/mol. The van der Waals surface area contributed by atoms with E-state index in [1.807, 2.05) is 11.6 Å². The van der Waals surface area contributed by atoms with Crippen LogP contribution in [0.5, 0.6) is 0 Å². The number of anilines is 1. The van der Waals surface area contributed by atoms with Gasteiger partial charge in [0.25, 0.3) is 0 Å². The molecule has 1 aliphatic heterocycles. The topological polar surface area (TPSA) is 40.1 Å². The van der Waals surface area contributed by atoms with Crippen molar-refractivity contribution in [3.63, 3.8) is 0 Å². The third-order valence-corrected chi connectivity index (χ3v) is 3.55. The van der Waals surface area contributed by atoms with Gasteiger partial charge >= 0.3 is 0 Å². The van der Waals surface area contributed by atoms with Crippen LogP contribution < -0.4 is 4.90 Å². The van der Waals surface area contributed by atoms with E-state index in [9.17, 15) is 0 Å². The molecule has 1 saturated heterocycles. The Kier molecular flexibility index (Phi) is 3.30. The van der Waals surface area contributed by atoms with Gasteiger partial charge in [0.1, 0.15) is 0 Å². The van der Waals surface area contributed by atoms with Crippen LogP contribution in [0.1, 0.15) is 13.8 Å². The molecular weight excluding hydrogens is 222 g/mol. The quantitative estimate of drug-likeness (QED) is 0.785. The Morgan fingerprint density at radius 2 is 1.88 bits per heavy atom. The van der Waals surface area contributed by atoms with Crippen LogP contribution in [0.15, 0.2) is 0 Å². The van der Waals surface area contributed by atoms with Gasteiger partial charge in [0.2, 0.25) is 5.95 Å². The van der Waals surface area contributed by atoms with Gasteiger partial charge in [-0.25, -0.2) is 5.10 Å². The zero-order valence-corrected chi connectivity index (χ0v) is 10.9. The summed E-state index contributed by atoms with van der Waals surface area (Å²) in [6, 6.07) is 0.629. The average molecular weight is 241 g/mol. The predicted molar refractivity (Wildman–Crippen MR) is 67.3 cm³/mol. The third-order valence-electron chi connectivity index (χ3n) is 3.18. The summed E-state index contributed by atoms with van der Waals surface area (Å²) in [6.45, 7) is 8.71. The number of aromatic amines is 1. The highest BCUT2D eigenvalue weighted by atomic mass is 32.1. The normalized spacial score (nSPS) is 18.4. The number of hydrogen-bond donors (Lipinski definition) is 1. The van der Waals surface area contributed by atoms with Gasteiger partial charge in [-0.05, 0) is 26.1 Å². The molecule has 0 aromatic carbocycles. The molecule has 0 radical (unpaired) electrons. The molecule has 2 rings (SSSR count). The Balaban J connectivity index is 2.04. The molecule has 1 fully saturated rings. The number of rotatable bonds is 2. The fourth-order valence-electron chi connectivity index (χ4n) is 2.06. The Bertz CT molecular complexity index is 400. The van der Waals surface area contributed by atoms with E-state index >= 15 is 0 Å². The first-order valence-electron chi connectivity index (χ1n) is 5.70. The predicted octanol–water partition coefficient (Wildman–Crippen LogP) is 1.01. The summed E-state index contributed by atoms with van der Waals surface area (Å²) < 4.78 is 2.61. The molecule has 2 heterocycles. The molecular formula is C10H19N5S. The second kappa shape index (κ2) is 4.55. The molecule has 0 bridgehead atoms. The minimum atomic E-state index is 0.629. The van der Waals surface area contributed by atoms with Gasteiger partial charge in [0, 0.05) is 39.3 Å². The lowest BCUT2D eigenvalue weighted by Crippen LogP contribution is -2.49. The molecule has 0 unspecified atom stereocenters. The Hall–Kier alpha value is -0.880. The lowest BCUT2D eigenvalue weighted by molar-refractivity contribution is 0.208. The first-order valence-corrected chi connectivity index (χ1v) is 6.11. The van der Waals surface area contributed by atoms with Gasteiger partial charge in [0.15, 0.2) is 4.77 Å². The maximum Gasteiger partial charge on any atom is 0.225 e. The maximum absolute atomic E-state index is 5.12. The maximum atomic E-state index is 5.12. The van der Waals surface area contributed by atoms with E-state index in [0.29, 0.717) is 10.8 Å². The molecule has 1 aromatic rings. The van der Waals surface area contributed by atoms with Gasteiger partial charge in [-0.15, -0.1) is 5.10 Å². The second-order valence-corrected chi connectivity index (χ2v) is 4.89. The summed E-state index contributed by atoms with van der Waals surface area (Å²) in [5.41, 5.74) is 0. The molecule has 16 heavy (non-hydrogen) atoms. The summed E-state index contributed by atoms with van der Waals surface area (Å²) in [5.74, 6) is 0.952. The second-order valence-electron chi connectivity index (χ2n) is 4.50. The van der Waals surface area contributed by atoms with Gasteiger partial charge in [-0.1, -0.05) is 0 Å². The van der Waals surface area contributed by atoms with Crippen LogP contribution in [0.2, 0.25) is 0 Å². The Morgan fingerprint density at radius 3 is 2.31 bits per heavy atom. The Labute approximate surface area is 101 Å². The zero-order chi connectivity index (χ0) is 11.7. The first-order chi connectivity index (χ1) is 7.59. The molecule has 0 spiro atoms. The van der Waals surface area contributed by atoms with Crippen LogP contribution in [0, 0.1) is 4.77 Å². The van der Waals surface area contributed by atoms with E-state index in [-0.39, 0.29) is 0 Å². The highest BCUT2D eigenvalue weighted by molar-refractivity contribution is 7.71.